The van der Waals surface area contributed by atoms with Crippen LogP contribution in [0.5, 0.6) is 0 Å². The van der Waals surface area contributed by atoms with Crippen LogP contribution in [0, 0.1) is 0 Å². The average molecular weight is 349 g/mol. The number of hydrogen-bond acceptors (Lipinski definition) is 5. The zero-order valence-corrected chi connectivity index (χ0v) is 14.5. The Hall–Kier alpha value is -1.95. The minimum Gasteiger partial charge on any atom is -0.457 e. The maximum atomic E-state index is 12.7. The van der Waals surface area contributed by atoms with Crippen LogP contribution in [0.3, 0.4) is 0 Å². The third-order valence-electron chi connectivity index (χ3n) is 4.66. The highest BCUT2D eigenvalue weighted by Gasteiger charge is 2.47. The summed E-state index contributed by atoms with van der Waals surface area (Å²) in [4.78, 5) is 12.7. The van der Waals surface area contributed by atoms with Crippen LogP contribution in [0.1, 0.15) is 50.4 Å². The lowest BCUT2D eigenvalue weighted by Crippen LogP contribution is -2.43. The Bertz CT molecular complexity index is 695. The zero-order chi connectivity index (χ0) is 17.0. The number of unbranched alkanes of at least 4 members (excludes halogenated alkanes) is 1. The summed E-state index contributed by atoms with van der Waals surface area (Å²) < 4.78 is 7.26. The molecule has 0 atom stereocenters. The van der Waals surface area contributed by atoms with Gasteiger partial charge in [0.15, 0.2) is 12.4 Å². The molecule has 3 rings (SSSR count). The minimum absolute atomic E-state index is 0.102. The van der Waals surface area contributed by atoms with Crippen molar-refractivity contribution in [3.8, 4) is 0 Å². The summed E-state index contributed by atoms with van der Waals surface area (Å²) in [5.74, 6) is 0.378. The molecule has 0 saturated heterocycles. The number of rotatable bonds is 7. The van der Waals surface area contributed by atoms with E-state index in [1.165, 1.54) is 0 Å². The molecular formula is C17H21ClN4O2. The molecule has 0 bridgehead atoms. The topological polar surface area (TPSA) is 69.9 Å². The Morgan fingerprint density at radius 3 is 2.71 bits per heavy atom. The van der Waals surface area contributed by atoms with E-state index in [1.807, 2.05) is 24.3 Å². The Kier molecular flexibility index (Phi) is 5.14. The first-order valence-electron chi connectivity index (χ1n) is 8.34. The van der Waals surface area contributed by atoms with E-state index in [-0.39, 0.29) is 12.6 Å². The standard InChI is InChI=1S/C17H21ClN4O2/c1-2-3-11-22-15(19-20-21-22)12-24-16(23)17(9-4-10-17)13-5-7-14(18)8-6-13/h5-8H,2-4,9-12H2,1H3. The van der Waals surface area contributed by atoms with Gasteiger partial charge in [-0.3, -0.25) is 4.79 Å². The van der Waals surface area contributed by atoms with E-state index in [0.29, 0.717) is 10.8 Å². The van der Waals surface area contributed by atoms with E-state index in [9.17, 15) is 4.79 Å². The van der Waals surface area contributed by atoms with E-state index < -0.39 is 5.41 Å². The van der Waals surface area contributed by atoms with E-state index in [1.54, 1.807) is 4.68 Å². The number of ether oxygens (including phenoxy) is 1. The molecule has 2 aromatic rings. The normalized spacial score (nSPS) is 15.8. The maximum Gasteiger partial charge on any atom is 0.317 e. The van der Waals surface area contributed by atoms with Gasteiger partial charge in [0.25, 0.3) is 0 Å². The third-order valence-corrected chi connectivity index (χ3v) is 4.91. The predicted octanol–water partition coefficient (Wildman–Crippen LogP) is 3.29. The first-order chi connectivity index (χ1) is 11.7. The quantitative estimate of drug-likeness (QED) is 0.718. The van der Waals surface area contributed by atoms with Crippen molar-refractivity contribution in [1.82, 2.24) is 20.2 Å². The van der Waals surface area contributed by atoms with Crippen LogP contribution < -0.4 is 0 Å². The molecule has 1 aromatic carbocycles. The van der Waals surface area contributed by atoms with Crippen molar-refractivity contribution < 1.29 is 9.53 Å². The molecule has 128 valence electrons. The minimum atomic E-state index is -0.549. The van der Waals surface area contributed by atoms with Gasteiger partial charge in [-0.2, -0.15) is 0 Å². The number of esters is 1. The summed E-state index contributed by atoms with van der Waals surface area (Å²) in [6.07, 6.45) is 4.66. The molecule has 0 N–H and O–H groups in total. The Morgan fingerprint density at radius 1 is 1.33 bits per heavy atom. The second-order valence-corrected chi connectivity index (χ2v) is 6.63. The van der Waals surface area contributed by atoms with Crippen LogP contribution in [-0.4, -0.2) is 26.2 Å². The number of aromatic nitrogens is 4. The number of aryl methyl sites for hydroxylation is 1. The van der Waals surface area contributed by atoms with E-state index in [4.69, 9.17) is 16.3 Å². The smallest absolute Gasteiger partial charge is 0.317 e. The summed E-state index contributed by atoms with van der Waals surface area (Å²) in [6.45, 7) is 2.94. The molecule has 1 fully saturated rings. The van der Waals surface area contributed by atoms with Gasteiger partial charge in [-0.05, 0) is 47.4 Å². The Labute approximate surface area is 146 Å². The number of nitrogens with zero attached hydrogens (tertiary/aromatic N) is 4. The number of tetrazole rings is 1. The lowest BCUT2D eigenvalue weighted by molar-refractivity contribution is -0.156. The van der Waals surface area contributed by atoms with Crippen LogP contribution >= 0.6 is 11.6 Å². The van der Waals surface area contributed by atoms with Gasteiger partial charge >= 0.3 is 5.97 Å². The fourth-order valence-corrected chi connectivity index (χ4v) is 3.11. The van der Waals surface area contributed by atoms with Crippen LogP contribution in [-0.2, 0) is 28.1 Å². The molecule has 0 radical (unpaired) electrons. The summed E-state index contributed by atoms with van der Waals surface area (Å²) in [5.41, 5.74) is 0.417. The molecule has 7 heteroatoms. The molecular weight excluding hydrogens is 328 g/mol. The fraction of sp³-hybridized carbons (Fsp3) is 0.529. The highest BCUT2D eigenvalue weighted by molar-refractivity contribution is 6.30. The molecule has 1 aliphatic carbocycles. The SMILES string of the molecule is CCCCn1nnnc1COC(=O)C1(c2ccc(Cl)cc2)CCC1. The molecule has 0 amide bonds. The van der Waals surface area contributed by atoms with Crippen molar-refractivity contribution in [2.24, 2.45) is 0 Å². The average Bonchev–Trinajstić information content (AvgIpc) is 2.99. The van der Waals surface area contributed by atoms with Crippen molar-refractivity contribution in [2.45, 2.75) is 57.6 Å². The molecule has 0 unspecified atom stereocenters. The van der Waals surface area contributed by atoms with Gasteiger partial charge in [0.1, 0.15) is 0 Å². The monoisotopic (exact) mass is 348 g/mol. The summed E-state index contributed by atoms with van der Waals surface area (Å²) >= 11 is 5.95. The van der Waals surface area contributed by atoms with Crippen LogP contribution in [0.4, 0.5) is 0 Å². The van der Waals surface area contributed by atoms with Gasteiger partial charge in [-0.15, -0.1) is 5.10 Å². The van der Waals surface area contributed by atoms with Crippen LogP contribution in [0.2, 0.25) is 5.02 Å². The molecule has 24 heavy (non-hydrogen) atoms. The molecule has 1 saturated carbocycles. The molecule has 0 aliphatic heterocycles. The van der Waals surface area contributed by atoms with Crippen LogP contribution in [0.15, 0.2) is 24.3 Å². The largest absolute Gasteiger partial charge is 0.457 e. The Balaban J connectivity index is 1.67. The second-order valence-electron chi connectivity index (χ2n) is 6.19. The lowest BCUT2D eigenvalue weighted by Gasteiger charge is -2.39. The highest BCUT2D eigenvalue weighted by atomic mass is 35.5. The molecule has 0 spiro atoms. The van der Waals surface area contributed by atoms with E-state index >= 15 is 0 Å². The van der Waals surface area contributed by atoms with Crippen molar-refractivity contribution in [3.63, 3.8) is 0 Å². The molecule has 6 nitrogen and oxygen atoms in total. The van der Waals surface area contributed by atoms with Gasteiger partial charge < -0.3 is 4.74 Å². The molecule has 1 aromatic heterocycles. The maximum absolute atomic E-state index is 12.7. The van der Waals surface area contributed by atoms with Gasteiger partial charge in [-0.25, -0.2) is 4.68 Å². The number of carbonyl (C=O) groups is 1. The van der Waals surface area contributed by atoms with Gasteiger partial charge in [0.2, 0.25) is 0 Å². The number of carbonyl (C=O) groups excluding carboxylic acids is 1. The van der Waals surface area contributed by atoms with Crippen molar-refractivity contribution >= 4 is 17.6 Å². The second kappa shape index (κ2) is 7.30. The molecule has 1 aliphatic rings. The first-order valence-corrected chi connectivity index (χ1v) is 8.72. The summed E-state index contributed by atoms with van der Waals surface area (Å²) in [6, 6.07) is 7.45. The van der Waals surface area contributed by atoms with E-state index in [2.05, 4.69) is 22.4 Å². The molecule has 1 heterocycles. The van der Waals surface area contributed by atoms with Crippen LogP contribution in [0.25, 0.3) is 0 Å². The van der Waals surface area contributed by atoms with Gasteiger partial charge in [-0.1, -0.05) is 43.5 Å². The van der Waals surface area contributed by atoms with Gasteiger partial charge in [0, 0.05) is 11.6 Å². The van der Waals surface area contributed by atoms with Gasteiger partial charge in [0.05, 0.1) is 5.41 Å². The van der Waals surface area contributed by atoms with E-state index in [0.717, 1.165) is 44.2 Å². The predicted molar refractivity (Wildman–Crippen MR) is 89.5 cm³/mol. The number of halogens is 1. The highest BCUT2D eigenvalue weighted by Crippen LogP contribution is 2.45. The fourth-order valence-electron chi connectivity index (χ4n) is 2.99. The number of benzene rings is 1. The van der Waals surface area contributed by atoms with Crippen molar-refractivity contribution in [2.75, 3.05) is 0 Å². The Morgan fingerprint density at radius 2 is 2.08 bits per heavy atom. The third kappa shape index (κ3) is 3.29. The first kappa shape index (κ1) is 16.9. The lowest BCUT2D eigenvalue weighted by atomic mass is 9.64. The summed E-state index contributed by atoms with van der Waals surface area (Å²) in [7, 11) is 0. The zero-order valence-electron chi connectivity index (χ0n) is 13.7. The summed E-state index contributed by atoms with van der Waals surface area (Å²) in [5, 5.41) is 12.2. The van der Waals surface area contributed by atoms with Crippen molar-refractivity contribution in [1.29, 1.82) is 0 Å². The van der Waals surface area contributed by atoms with Crippen molar-refractivity contribution in [3.05, 3.63) is 40.7 Å². The number of hydrogen-bond donors (Lipinski definition) is 0.